The lowest BCUT2D eigenvalue weighted by Gasteiger charge is -2.22. The number of ether oxygens (including phenoxy) is 1. The Kier molecular flexibility index (Phi) is 3.98. The van der Waals surface area contributed by atoms with Crippen LogP contribution in [0.25, 0.3) is 44.0 Å². The highest BCUT2D eigenvalue weighted by Crippen LogP contribution is 2.51. The molecule has 0 bridgehead atoms. The quantitative estimate of drug-likeness (QED) is 0.271. The minimum absolute atomic E-state index is 0.608. The molecule has 5 aromatic rings. The van der Waals surface area contributed by atoms with Crippen molar-refractivity contribution in [2.45, 2.75) is 41.0 Å². The first kappa shape index (κ1) is 19.4. The van der Waals surface area contributed by atoms with Gasteiger partial charge in [-0.05, 0) is 72.9 Å². The number of aromatic nitrogens is 1. The van der Waals surface area contributed by atoms with Gasteiger partial charge in [0.15, 0.2) is 0 Å². The predicted octanol–water partition coefficient (Wildman–Crippen LogP) is 7.46. The maximum Gasteiger partial charge on any atom is 0.257 e. The van der Waals surface area contributed by atoms with Crippen LogP contribution in [0.5, 0.6) is 11.5 Å². The van der Waals surface area contributed by atoms with E-state index in [4.69, 9.17) is 9.15 Å². The fourth-order valence-corrected chi connectivity index (χ4v) is 5.37. The molecule has 3 aromatic carbocycles. The first-order chi connectivity index (χ1) is 15.3. The molecule has 0 aliphatic carbocycles. The van der Waals surface area contributed by atoms with E-state index in [1.807, 2.05) is 0 Å². The maximum absolute atomic E-state index is 6.70. The number of hydrogen-bond donors (Lipinski definition) is 0. The van der Waals surface area contributed by atoms with Gasteiger partial charge in [0.05, 0.1) is 10.9 Å². The van der Waals surface area contributed by atoms with Gasteiger partial charge in [0, 0.05) is 10.8 Å². The van der Waals surface area contributed by atoms with Crippen molar-refractivity contribution in [3.63, 3.8) is 0 Å². The second-order valence-electron chi connectivity index (χ2n) is 9.84. The average Bonchev–Trinajstić information content (AvgIpc) is 3.07. The third kappa shape index (κ3) is 2.63. The van der Waals surface area contributed by atoms with Crippen molar-refractivity contribution in [3.8, 4) is 22.8 Å². The molecule has 0 atom stereocenters. The fourth-order valence-electron chi connectivity index (χ4n) is 5.37. The van der Waals surface area contributed by atoms with E-state index < -0.39 is 0 Å². The van der Waals surface area contributed by atoms with Crippen LogP contribution < -0.4 is 9.30 Å². The Balaban J connectivity index is 1.73. The highest BCUT2D eigenvalue weighted by molar-refractivity contribution is 6.13. The van der Waals surface area contributed by atoms with Gasteiger partial charge in [-0.25, -0.2) is 0 Å². The van der Waals surface area contributed by atoms with Crippen molar-refractivity contribution in [2.75, 3.05) is 0 Å². The molecule has 3 heterocycles. The van der Waals surface area contributed by atoms with Crippen LogP contribution in [-0.4, -0.2) is 0 Å². The topological polar surface area (TPSA) is 26.2 Å². The van der Waals surface area contributed by atoms with Gasteiger partial charge in [-0.1, -0.05) is 38.1 Å². The van der Waals surface area contributed by atoms with E-state index in [1.54, 1.807) is 0 Å². The average molecular weight is 423 g/mol. The molecule has 0 spiro atoms. The summed E-state index contributed by atoms with van der Waals surface area (Å²) < 4.78 is 15.2. The normalized spacial score (nSPS) is 12.7. The molecule has 32 heavy (non-hydrogen) atoms. The molecule has 0 fully saturated rings. The SMILES string of the molecule is Cc1cc2c3c(c(C)c(C)cc3c1)-c1c(c3c(c[n+]1C)oc1cc(CC(C)C)ccc13)O2. The van der Waals surface area contributed by atoms with Crippen molar-refractivity contribution in [1.82, 2.24) is 0 Å². The summed E-state index contributed by atoms with van der Waals surface area (Å²) in [6.45, 7) is 11.0. The summed E-state index contributed by atoms with van der Waals surface area (Å²) >= 11 is 0. The molecule has 1 aliphatic heterocycles. The number of fused-ring (bicyclic) bond motifs is 6. The van der Waals surface area contributed by atoms with E-state index in [9.17, 15) is 0 Å². The van der Waals surface area contributed by atoms with Crippen molar-refractivity contribution >= 4 is 32.7 Å². The van der Waals surface area contributed by atoms with Crippen LogP contribution in [0.15, 0.2) is 47.0 Å². The summed E-state index contributed by atoms with van der Waals surface area (Å²) in [5.74, 6) is 2.44. The monoisotopic (exact) mass is 422 g/mol. The molecule has 0 unspecified atom stereocenters. The molecule has 0 radical (unpaired) electrons. The summed E-state index contributed by atoms with van der Waals surface area (Å²) in [4.78, 5) is 0. The molecule has 0 saturated heterocycles. The van der Waals surface area contributed by atoms with Crippen LogP contribution in [0.2, 0.25) is 0 Å². The zero-order valence-electron chi connectivity index (χ0n) is 19.6. The molecule has 0 saturated carbocycles. The van der Waals surface area contributed by atoms with Crippen molar-refractivity contribution in [3.05, 3.63) is 64.8 Å². The highest BCUT2D eigenvalue weighted by Gasteiger charge is 2.34. The molecular weight excluding hydrogens is 394 g/mol. The second-order valence-corrected chi connectivity index (χ2v) is 9.84. The Labute approximate surface area is 188 Å². The van der Waals surface area contributed by atoms with Gasteiger partial charge in [0.1, 0.15) is 18.4 Å². The Hall–Kier alpha value is -3.33. The zero-order chi connectivity index (χ0) is 22.3. The molecule has 0 amide bonds. The van der Waals surface area contributed by atoms with Gasteiger partial charge < -0.3 is 9.15 Å². The summed E-state index contributed by atoms with van der Waals surface area (Å²) in [6, 6.07) is 13.3. The molecule has 3 heteroatoms. The summed E-state index contributed by atoms with van der Waals surface area (Å²) in [7, 11) is 2.09. The van der Waals surface area contributed by atoms with Crippen LogP contribution in [-0.2, 0) is 13.5 Å². The molecule has 3 nitrogen and oxygen atoms in total. The van der Waals surface area contributed by atoms with Crippen LogP contribution in [0, 0.1) is 26.7 Å². The Morgan fingerprint density at radius 2 is 1.75 bits per heavy atom. The van der Waals surface area contributed by atoms with Gasteiger partial charge in [-0.3, -0.25) is 0 Å². The third-order valence-corrected chi connectivity index (χ3v) is 6.85. The number of pyridine rings is 1. The van der Waals surface area contributed by atoms with Gasteiger partial charge in [0.2, 0.25) is 17.5 Å². The summed E-state index contributed by atoms with van der Waals surface area (Å²) in [5, 5.41) is 4.61. The number of nitrogens with zero attached hydrogens (tertiary/aromatic N) is 1. The van der Waals surface area contributed by atoms with Crippen LogP contribution in [0.1, 0.15) is 36.1 Å². The van der Waals surface area contributed by atoms with E-state index in [0.29, 0.717) is 5.92 Å². The fraction of sp³-hybridized carbons (Fsp3) is 0.276. The minimum atomic E-state index is 0.608. The van der Waals surface area contributed by atoms with E-state index in [2.05, 4.69) is 88.8 Å². The van der Waals surface area contributed by atoms with Gasteiger partial charge in [-0.15, -0.1) is 0 Å². The lowest BCUT2D eigenvalue weighted by Crippen LogP contribution is -2.32. The Bertz CT molecular complexity index is 1590. The van der Waals surface area contributed by atoms with E-state index >= 15 is 0 Å². The van der Waals surface area contributed by atoms with Crippen LogP contribution in [0.3, 0.4) is 0 Å². The van der Waals surface area contributed by atoms with Crippen molar-refractivity contribution < 1.29 is 13.7 Å². The maximum atomic E-state index is 6.70. The van der Waals surface area contributed by atoms with Crippen LogP contribution >= 0.6 is 0 Å². The first-order valence-electron chi connectivity index (χ1n) is 11.4. The van der Waals surface area contributed by atoms with Crippen molar-refractivity contribution in [1.29, 1.82) is 0 Å². The minimum Gasteiger partial charge on any atom is -0.450 e. The number of aryl methyl sites for hydroxylation is 3. The number of hydrogen-bond acceptors (Lipinski definition) is 2. The largest absolute Gasteiger partial charge is 0.450 e. The van der Waals surface area contributed by atoms with Gasteiger partial charge in [0.25, 0.3) is 5.69 Å². The van der Waals surface area contributed by atoms with E-state index in [1.165, 1.54) is 38.6 Å². The Morgan fingerprint density at radius 3 is 2.53 bits per heavy atom. The van der Waals surface area contributed by atoms with Crippen molar-refractivity contribution in [2.24, 2.45) is 13.0 Å². The molecule has 1 aliphatic rings. The third-order valence-electron chi connectivity index (χ3n) is 6.85. The lowest BCUT2D eigenvalue weighted by atomic mass is 9.89. The molecular formula is C29H28NO2+. The summed E-state index contributed by atoms with van der Waals surface area (Å²) in [5.41, 5.74) is 9.29. The lowest BCUT2D eigenvalue weighted by molar-refractivity contribution is -0.659. The highest BCUT2D eigenvalue weighted by atomic mass is 16.5. The molecule has 2 aromatic heterocycles. The van der Waals surface area contributed by atoms with Crippen LogP contribution in [0.4, 0.5) is 0 Å². The number of rotatable bonds is 2. The molecule has 0 N–H and O–H groups in total. The smallest absolute Gasteiger partial charge is 0.257 e. The second kappa shape index (κ2) is 6.59. The van der Waals surface area contributed by atoms with E-state index in [-0.39, 0.29) is 0 Å². The summed E-state index contributed by atoms with van der Waals surface area (Å²) in [6.07, 6.45) is 3.15. The standard InChI is InChI=1S/C29H28NO2/c1-15(2)9-19-7-8-21-22(13-19)31-24-14-30(6)28-25-18(5)17(4)12-20-10-16(3)11-23(26(20)25)32-29(28)27(21)24/h7-8,10-15H,9H2,1-6H3/q+1. The first-order valence-corrected chi connectivity index (χ1v) is 11.4. The van der Waals surface area contributed by atoms with E-state index in [0.717, 1.165) is 45.6 Å². The zero-order valence-corrected chi connectivity index (χ0v) is 19.6. The molecule has 6 rings (SSSR count). The Morgan fingerprint density at radius 1 is 0.938 bits per heavy atom. The number of furan rings is 1. The molecule has 160 valence electrons. The number of benzene rings is 3. The predicted molar refractivity (Wildman–Crippen MR) is 131 cm³/mol. The van der Waals surface area contributed by atoms with Gasteiger partial charge >= 0.3 is 0 Å². The van der Waals surface area contributed by atoms with Gasteiger partial charge in [-0.2, -0.15) is 4.57 Å².